The lowest BCUT2D eigenvalue weighted by molar-refractivity contribution is -0.193. The number of unbranched alkanes of at least 4 members (excludes halogenated alkanes) is 37. The van der Waals surface area contributed by atoms with Crippen LogP contribution in [0.2, 0.25) is 0 Å². The van der Waals surface area contributed by atoms with Gasteiger partial charge < -0.3 is 9.68 Å². The zero-order chi connectivity index (χ0) is 43.7. The molecule has 0 aromatic rings. The molecule has 0 aliphatic carbocycles. The van der Waals surface area contributed by atoms with E-state index in [9.17, 15) is 9.59 Å². The Morgan fingerprint density at radius 2 is 0.417 bits per heavy atom. The molecule has 6 heteroatoms. The molecule has 0 bridgehead atoms. The molecule has 358 valence electrons. The first-order valence-corrected chi connectivity index (χ1v) is 27.5. The summed E-state index contributed by atoms with van der Waals surface area (Å²) in [5.74, 6) is -0.294. The number of carbonyl (C=O) groups is 2. The molecular weight excluding hydrogens is 741 g/mol. The zero-order valence-electron chi connectivity index (χ0n) is 41.5. The van der Waals surface area contributed by atoms with Crippen molar-refractivity contribution >= 4 is 11.9 Å². The van der Waals surface area contributed by atoms with Gasteiger partial charge in [0, 0.05) is 39.0 Å². The lowest BCUT2D eigenvalue weighted by Gasteiger charge is -2.22. The molecule has 0 atom stereocenters. The van der Waals surface area contributed by atoms with Crippen LogP contribution in [0.4, 0.5) is 0 Å². The predicted octanol–water partition coefficient (Wildman–Crippen LogP) is 17.8. The molecule has 0 aliphatic rings. The van der Waals surface area contributed by atoms with Crippen molar-refractivity contribution < 1.29 is 19.3 Å². The lowest BCUT2D eigenvalue weighted by atomic mass is 10.1. The zero-order valence-corrected chi connectivity index (χ0v) is 41.5. The van der Waals surface area contributed by atoms with E-state index in [-0.39, 0.29) is 11.9 Å². The first-order chi connectivity index (χ1) is 29.6. The van der Waals surface area contributed by atoms with Crippen molar-refractivity contribution in [3.05, 3.63) is 0 Å². The third-order valence-corrected chi connectivity index (χ3v) is 12.5. The maximum absolute atomic E-state index is 13.0. The summed E-state index contributed by atoms with van der Waals surface area (Å²) < 4.78 is 0. The Labute approximate surface area is 376 Å². The van der Waals surface area contributed by atoms with Gasteiger partial charge in [-0.05, 0) is 38.5 Å². The van der Waals surface area contributed by atoms with Crippen LogP contribution in [0.3, 0.4) is 0 Å². The minimum Gasteiger partial charge on any atom is -0.368 e. The van der Waals surface area contributed by atoms with Crippen LogP contribution in [-0.4, -0.2) is 48.2 Å². The second kappa shape index (κ2) is 50.5. The van der Waals surface area contributed by atoms with Gasteiger partial charge in [0.15, 0.2) is 0 Å². The lowest BCUT2D eigenvalue weighted by Crippen LogP contribution is -2.30. The van der Waals surface area contributed by atoms with Crippen molar-refractivity contribution in [2.24, 2.45) is 0 Å². The fourth-order valence-electron chi connectivity index (χ4n) is 8.43. The van der Waals surface area contributed by atoms with E-state index in [0.717, 1.165) is 51.9 Å². The minimum atomic E-state index is -0.147. The van der Waals surface area contributed by atoms with E-state index >= 15 is 0 Å². The summed E-state index contributed by atoms with van der Waals surface area (Å²) in [6.45, 7) is 12.5. The molecule has 0 aromatic carbocycles. The highest BCUT2D eigenvalue weighted by atomic mass is 16.7. The van der Waals surface area contributed by atoms with Crippen molar-refractivity contribution in [1.29, 1.82) is 0 Å². The van der Waals surface area contributed by atoms with Gasteiger partial charge in [0.2, 0.25) is 0 Å². The highest BCUT2D eigenvalue weighted by molar-refractivity contribution is 5.70. The van der Waals surface area contributed by atoms with E-state index in [2.05, 4.69) is 27.7 Å². The van der Waals surface area contributed by atoms with Crippen molar-refractivity contribution in [3.8, 4) is 0 Å². The fraction of sp³-hybridized carbons (Fsp3) is 0.963. The van der Waals surface area contributed by atoms with Crippen LogP contribution in [0.25, 0.3) is 0 Å². The largest absolute Gasteiger partial charge is 0.368 e. The van der Waals surface area contributed by atoms with Gasteiger partial charge >= 0.3 is 11.9 Å². The quantitative estimate of drug-likeness (QED) is 0.0449. The Morgan fingerprint density at radius 1 is 0.250 bits per heavy atom. The second-order valence-electron chi connectivity index (χ2n) is 18.7. The molecule has 0 N–H and O–H groups in total. The fourth-order valence-corrected chi connectivity index (χ4v) is 8.43. The Morgan fingerprint density at radius 3 is 0.600 bits per heavy atom. The summed E-state index contributed by atoms with van der Waals surface area (Å²) in [6, 6.07) is 0. The Bertz CT molecular complexity index is 738. The maximum atomic E-state index is 13.0. The second-order valence-corrected chi connectivity index (χ2v) is 18.7. The van der Waals surface area contributed by atoms with Crippen LogP contribution < -0.4 is 0 Å². The molecule has 0 heterocycles. The highest BCUT2D eigenvalue weighted by Gasteiger charge is 2.15. The number of hydrogen-bond donors (Lipinski definition) is 0. The highest BCUT2D eigenvalue weighted by Crippen LogP contribution is 2.16. The van der Waals surface area contributed by atoms with Crippen molar-refractivity contribution in [2.75, 3.05) is 26.2 Å². The Balaban J connectivity index is 4.64. The third-order valence-electron chi connectivity index (χ3n) is 12.5. The molecule has 60 heavy (non-hydrogen) atoms. The summed E-state index contributed by atoms with van der Waals surface area (Å²) in [6.07, 6.45) is 54.3. The van der Waals surface area contributed by atoms with Gasteiger partial charge in [0.1, 0.15) is 0 Å². The summed E-state index contributed by atoms with van der Waals surface area (Å²) in [5, 5.41) is 3.93. The molecule has 0 aliphatic heterocycles. The van der Waals surface area contributed by atoms with E-state index < -0.39 is 0 Å². The molecule has 0 saturated carbocycles. The van der Waals surface area contributed by atoms with Crippen molar-refractivity contribution in [1.82, 2.24) is 10.1 Å². The van der Waals surface area contributed by atoms with Gasteiger partial charge in [-0.25, -0.2) is 0 Å². The minimum absolute atomic E-state index is 0.147. The van der Waals surface area contributed by atoms with E-state index in [1.54, 1.807) is 0 Å². The molecule has 6 nitrogen and oxygen atoms in total. The molecule has 0 amide bonds. The number of carbonyl (C=O) groups excluding carboxylic acids is 2. The summed E-state index contributed by atoms with van der Waals surface area (Å²) in [7, 11) is 0. The van der Waals surface area contributed by atoms with Gasteiger partial charge in [-0.1, -0.05) is 259 Å². The molecule has 0 saturated heterocycles. The molecular formula is C54H108N2O4. The number of rotatable bonds is 51. The van der Waals surface area contributed by atoms with Crippen LogP contribution in [0.15, 0.2) is 0 Å². The topological polar surface area (TPSA) is 59.1 Å². The van der Waals surface area contributed by atoms with Gasteiger partial charge in [0.05, 0.1) is 0 Å². The van der Waals surface area contributed by atoms with Crippen LogP contribution in [0, 0.1) is 0 Å². The number of hydrogen-bond acceptors (Lipinski definition) is 6. The van der Waals surface area contributed by atoms with E-state index in [4.69, 9.17) is 9.68 Å². The molecule has 0 radical (unpaired) electrons. The molecule has 0 unspecified atom stereocenters. The third kappa shape index (κ3) is 46.4. The maximum Gasteiger partial charge on any atom is 0.325 e. The molecule has 0 rings (SSSR count). The predicted molar refractivity (Wildman–Crippen MR) is 261 cm³/mol. The summed E-state index contributed by atoms with van der Waals surface area (Å²) in [4.78, 5) is 37.9. The average Bonchev–Trinajstić information content (AvgIpc) is 3.24. The van der Waals surface area contributed by atoms with Crippen molar-refractivity contribution in [3.63, 3.8) is 0 Å². The molecule has 0 fully saturated rings. The number of nitrogens with zero attached hydrogens (tertiary/aromatic N) is 2. The summed E-state index contributed by atoms with van der Waals surface area (Å²) in [5.41, 5.74) is 0. The van der Waals surface area contributed by atoms with Crippen molar-refractivity contribution in [2.45, 2.75) is 310 Å². The normalized spacial score (nSPS) is 11.6. The molecule has 0 spiro atoms. The monoisotopic (exact) mass is 849 g/mol. The number of hydroxylamine groups is 4. The van der Waals surface area contributed by atoms with E-state index in [1.165, 1.54) is 231 Å². The molecule has 0 aromatic heterocycles. The first-order valence-electron chi connectivity index (χ1n) is 27.5. The Kier molecular flexibility index (Phi) is 49.5. The van der Waals surface area contributed by atoms with Crippen LogP contribution in [0.1, 0.15) is 310 Å². The van der Waals surface area contributed by atoms with Gasteiger partial charge in [-0.2, -0.15) is 0 Å². The average molecular weight is 849 g/mol. The summed E-state index contributed by atoms with van der Waals surface area (Å²) >= 11 is 0. The van der Waals surface area contributed by atoms with Crippen LogP contribution in [-0.2, 0) is 19.3 Å². The van der Waals surface area contributed by atoms with E-state index in [1.807, 2.05) is 10.1 Å². The smallest absolute Gasteiger partial charge is 0.325 e. The van der Waals surface area contributed by atoms with E-state index in [0.29, 0.717) is 25.7 Å². The van der Waals surface area contributed by atoms with Gasteiger partial charge in [-0.15, -0.1) is 10.1 Å². The van der Waals surface area contributed by atoms with Crippen LogP contribution in [0.5, 0.6) is 0 Å². The first kappa shape index (κ1) is 58.9. The van der Waals surface area contributed by atoms with Gasteiger partial charge in [-0.3, -0.25) is 9.59 Å². The SMILES string of the molecule is CCCCCCCCCCCCN(CCCCCCCCCCCC)OC(=O)CCCCC(=O)ON(CCCCCCCCCCCC)CCCCCCCCCCCC. The van der Waals surface area contributed by atoms with Gasteiger partial charge in [0.25, 0.3) is 0 Å². The Hall–Kier alpha value is -1.14. The standard InChI is InChI=1S/C54H108N2O4/c1-5-9-13-17-21-25-29-33-37-43-49-55(50-44-38-34-30-26-22-18-14-10-6-2)59-53(57)47-41-42-48-54(58)60-56(51-45-39-35-31-27-23-19-15-11-7-3)52-46-40-36-32-28-24-20-16-12-8-4/h5-52H2,1-4H3. The van der Waals surface area contributed by atoms with Crippen LogP contribution >= 0.6 is 0 Å².